The van der Waals surface area contributed by atoms with E-state index in [0.29, 0.717) is 20.0 Å². The summed E-state index contributed by atoms with van der Waals surface area (Å²) in [5, 5.41) is 8.23. The van der Waals surface area contributed by atoms with E-state index in [2.05, 4.69) is 20.8 Å². The van der Waals surface area contributed by atoms with Gasteiger partial charge in [0.1, 0.15) is 0 Å². The number of halogens is 1. The summed E-state index contributed by atoms with van der Waals surface area (Å²) in [6, 6.07) is 11.7. The Morgan fingerprint density at radius 3 is 2.88 bits per heavy atom. The van der Waals surface area contributed by atoms with Crippen LogP contribution in [-0.4, -0.2) is 17.1 Å². The van der Waals surface area contributed by atoms with Gasteiger partial charge in [-0.2, -0.15) is 5.10 Å². The second-order valence-electron chi connectivity index (χ2n) is 5.78. The van der Waals surface area contributed by atoms with Crippen LogP contribution in [-0.2, 0) is 12.8 Å². The molecule has 1 aromatic carbocycles. The van der Waals surface area contributed by atoms with Crippen molar-refractivity contribution in [2.24, 2.45) is 5.10 Å². The number of amides is 1. The van der Waals surface area contributed by atoms with Gasteiger partial charge in [0.25, 0.3) is 5.91 Å². The van der Waals surface area contributed by atoms with Gasteiger partial charge in [-0.05, 0) is 43.0 Å². The fraction of sp³-hybridized carbons (Fsp3) is 0.167. The number of nitrogens with zero attached hydrogens (tertiary/aromatic N) is 2. The molecule has 132 valence electrons. The Morgan fingerprint density at radius 1 is 1.23 bits per heavy atom. The molecule has 0 atom stereocenters. The molecule has 1 aliphatic carbocycles. The van der Waals surface area contributed by atoms with Crippen LogP contribution >= 0.6 is 34.3 Å². The Kier molecular flexibility index (Phi) is 5.01. The Labute approximate surface area is 163 Å². The third kappa shape index (κ3) is 3.80. The first-order valence-electron chi connectivity index (χ1n) is 8.12. The van der Waals surface area contributed by atoms with Crippen molar-refractivity contribution in [1.29, 1.82) is 0 Å². The van der Waals surface area contributed by atoms with Crippen LogP contribution in [0.25, 0.3) is 0 Å². The van der Waals surface area contributed by atoms with E-state index in [-0.39, 0.29) is 5.91 Å². The zero-order chi connectivity index (χ0) is 17.9. The minimum Gasteiger partial charge on any atom is -0.331 e. The molecule has 0 unspecified atom stereocenters. The molecule has 0 aliphatic heterocycles. The lowest BCUT2D eigenvalue weighted by atomic mass is 10.2. The monoisotopic (exact) mass is 402 g/mol. The summed E-state index contributed by atoms with van der Waals surface area (Å²) in [5.41, 5.74) is 4.79. The highest BCUT2D eigenvalue weighted by Gasteiger charge is 2.18. The summed E-state index contributed by atoms with van der Waals surface area (Å²) in [4.78, 5) is 19.2. The fourth-order valence-corrected chi connectivity index (χ4v) is 4.93. The zero-order valence-electron chi connectivity index (χ0n) is 13.7. The second-order valence-corrected chi connectivity index (χ2v) is 8.30. The normalized spacial score (nSPS) is 13.1. The minimum absolute atomic E-state index is 0.191. The smallest absolute Gasteiger partial charge is 0.281 e. The average molecular weight is 403 g/mol. The summed E-state index contributed by atoms with van der Waals surface area (Å²) in [7, 11) is 0. The maximum atomic E-state index is 12.2. The number of carbonyl (C=O) groups is 1. The van der Waals surface area contributed by atoms with Crippen molar-refractivity contribution >= 4 is 57.2 Å². The van der Waals surface area contributed by atoms with Crippen molar-refractivity contribution in [1.82, 2.24) is 10.4 Å². The van der Waals surface area contributed by atoms with Gasteiger partial charge in [-0.15, -0.1) is 11.3 Å². The van der Waals surface area contributed by atoms with E-state index in [0.717, 1.165) is 18.5 Å². The molecule has 26 heavy (non-hydrogen) atoms. The molecule has 1 amide bonds. The molecular formula is C18H15ClN4OS2. The summed E-state index contributed by atoms with van der Waals surface area (Å²) in [5.74, 6) is -0.191. The quantitative estimate of drug-likeness (QED) is 0.473. The van der Waals surface area contributed by atoms with Crippen LogP contribution in [0, 0.1) is 0 Å². The first-order valence-corrected chi connectivity index (χ1v) is 10.1. The van der Waals surface area contributed by atoms with Crippen molar-refractivity contribution in [3.05, 3.63) is 61.7 Å². The summed E-state index contributed by atoms with van der Waals surface area (Å²) >= 11 is 9.07. The molecule has 2 heterocycles. The molecule has 2 N–H and O–H groups in total. The Bertz CT molecular complexity index is 943. The summed E-state index contributed by atoms with van der Waals surface area (Å²) < 4.78 is 0. The van der Waals surface area contributed by atoms with Crippen molar-refractivity contribution in [3.63, 3.8) is 0 Å². The standard InChI is InChI=1S/C18H15ClN4OS2/c19-16-15(26-18(22-16)21-12-6-2-1-3-7-12)10-20-23-17(24)14-9-11-5-4-8-13(11)25-14/h1-3,6-7,9-10H,4-5,8H2,(H,21,22)(H,23,24)/b20-10+. The van der Waals surface area contributed by atoms with Crippen molar-refractivity contribution in [3.8, 4) is 0 Å². The largest absolute Gasteiger partial charge is 0.331 e. The number of benzene rings is 1. The van der Waals surface area contributed by atoms with Gasteiger partial charge in [0.15, 0.2) is 10.3 Å². The number of carbonyl (C=O) groups excluding carboxylic acids is 1. The molecule has 1 aliphatic rings. The van der Waals surface area contributed by atoms with Crippen molar-refractivity contribution in [2.45, 2.75) is 19.3 Å². The van der Waals surface area contributed by atoms with Crippen LogP contribution in [0.2, 0.25) is 5.15 Å². The number of thiazole rings is 1. The van der Waals surface area contributed by atoms with Gasteiger partial charge >= 0.3 is 0 Å². The van der Waals surface area contributed by atoms with Crippen molar-refractivity contribution < 1.29 is 4.79 Å². The van der Waals surface area contributed by atoms with Gasteiger partial charge in [-0.3, -0.25) is 4.79 Å². The Morgan fingerprint density at radius 2 is 2.08 bits per heavy atom. The number of nitrogens with one attached hydrogen (secondary N) is 2. The maximum Gasteiger partial charge on any atom is 0.281 e. The average Bonchev–Trinajstić information content (AvgIpc) is 3.31. The number of hydrogen-bond acceptors (Lipinski definition) is 6. The van der Waals surface area contributed by atoms with E-state index in [1.807, 2.05) is 36.4 Å². The van der Waals surface area contributed by atoms with E-state index in [1.54, 1.807) is 11.3 Å². The Hall–Kier alpha value is -2.22. The lowest BCUT2D eigenvalue weighted by molar-refractivity contribution is 0.0959. The number of fused-ring (bicyclic) bond motifs is 1. The van der Waals surface area contributed by atoms with Gasteiger partial charge in [0.2, 0.25) is 0 Å². The van der Waals surface area contributed by atoms with Crippen LogP contribution in [0.15, 0.2) is 41.5 Å². The van der Waals surface area contributed by atoms with E-state index in [1.165, 1.54) is 34.4 Å². The summed E-state index contributed by atoms with van der Waals surface area (Å²) in [6.07, 6.45) is 4.85. The molecule has 4 rings (SSSR count). The molecule has 0 fully saturated rings. The molecule has 0 radical (unpaired) electrons. The highest BCUT2D eigenvalue weighted by Crippen LogP contribution is 2.30. The number of hydrogen-bond donors (Lipinski definition) is 2. The molecule has 3 aromatic rings. The maximum absolute atomic E-state index is 12.2. The molecule has 0 spiro atoms. The molecule has 2 aromatic heterocycles. The lowest BCUT2D eigenvalue weighted by Crippen LogP contribution is -2.16. The molecule has 5 nitrogen and oxygen atoms in total. The number of hydrazone groups is 1. The van der Waals surface area contributed by atoms with Crippen LogP contribution < -0.4 is 10.7 Å². The van der Waals surface area contributed by atoms with Gasteiger partial charge in [0, 0.05) is 10.6 Å². The number of aromatic nitrogens is 1. The molecule has 0 saturated heterocycles. The number of thiophene rings is 1. The van der Waals surface area contributed by atoms with E-state index in [4.69, 9.17) is 11.6 Å². The third-order valence-electron chi connectivity index (χ3n) is 3.95. The molecule has 8 heteroatoms. The third-order valence-corrected chi connectivity index (χ3v) is 6.49. The first kappa shape index (κ1) is 17.2. The van der Waals surface area contributed by atoms with Gasteiger partial charge in [-0.25, -0.2) is 10.4 Å². The molecular weight excluding hydrogens is 388 g/mol. The van der Waals surface area contributed by atoms with Gasteiger partial charge < -0.3 is 5.32 Å². The van der Waals surface area contributed by atoms with Crippen LogP contribution in [0.1, 0.15) is 31.4 Å². The highest BCUT2D eigenvalue weighted by atomic mass is 35.5. The predicted molar refractivity (Wildman–Crippen MR) is 108 cm³/mol. The van der Waals surface area contributed by atoms with Gasteiger partial charge in [-0.1, -0.05) is 41.1 Å². The number of rotatable bonds is 5. The molecule has 0 saturated carbocycles. The summed E-state index contributed by atoms with van der Waals surface area (Å²) in [6.45, 7) is 0. The van der Waals surface area contributed by atoms with Crippen LogP contribution in [0.4, 0.5) is 10.8 Å². The SMILES string of the molecule is O=C(N/N=C/c1sc(Nc2ccccc2)nc1Cl)c1cc2c(s1)CCC2. The highest BCUT2D eigenvalue weighted by molar-refractivity contribution is 7.17. The van der Waals surface area contributed by atoms with E-state index in [9.17, 15) is 4.79 Å². The van der Waals surface area contributed by atoms with E-state index < -0.39 is 0 Å². The fourth-order valence-electron chi connectivity index (χ4n) is 2.74. The van der Waals surface area contributed by atoms with Crippen molar-refractivity contribution in [2.75, 3.05) is 5.32 Å². The molecule has 0 bridgehead atoms. The van der Waals surface area contributed by atoms with E-state index >= 15 is 0 Å². The number of para-hydroxylation sites is 1. The first-order chi connectivity index (χ1) is 12.7. The topological polar surface area (TPSA) is 66.4 Å². The second kappa shape index (κ2) is 7.57. The lowest BCUT2D eigenvalue weighted by Gasteiger charge is -1.99. The zero-order valence-corrected chi connectivity index (χ0v) is 16.0. The number of anilines is 2. The van der Waals surface area contributed by atoms with Crippen LogP contribution in [0.5, 0.6) is 0 Å². The minimum atomic E-state index is -0.191. The number of aryl methyl sites for hydroxylation is 2. The predicted octanol–water partition coefficient (Wildman–Crippen LogP) is 4.85. The van der Waals surface area contributed by atoms with Crippen LogP contribution in [0.3, 0.4) is 0 Å². The van der Waals surface area contributed by atoms with Gasteiger partial charge in [0.05, 0.1) is 16.0 Å². The Balaban J connectivity index is 1.39.